The molecule has 0 amide bonds. The van der Waals surface area contributed by atoms with Gasteiger partial charge in [-0.2, -0.15) is 0 Å². The van der Waals surface area contributed by atoms with Crippen LogP contribution in [0.1, 0.15) is 5.56 Å². The highest BCUT2D eigenvalue weighted by Gasteiger charge is 1.99. The molecule has 0 unspecified atom stereocenters. The van der Waals surface area contributed by atoms with Crippen LogP contribution in [0.3, 0.4) is 0 Å². The lowest BCUT2D eigenvalue weighted by Crippen LogP contribution is -2.21. The molecule has 16 heavy (non-hydrogen) atoms. The van der Waals surface area contributed by atoms with E-state index in [1.54, 1.807) is 0 Å². The molecule has 0 heterocycles. The van der Waals surface area contributed by atoms with Crippen LogP contribution in [-0.4, -0.2) is 30.3 Å². The van der Waals surface area contributed by atoms with E-state index in [9.17, 15) is 0 Å². The molecule has 0 radical (unpaired) electrons. The molecule has 0 saturated heterocycles. The summed E-state index contributed by atoms with van der Waals surface area (Å²) in [5, 5.41) is 11.5. The van der Waals surface area contributed by atoms with Gasteiger partial charge in [-0.1, -0.05) is 42.5 Å². The van der Waals surface area contributed by atoms with E-state index in [4.69, 9.17) is 5.11 Å². The molecule has 84 valence electrons. The molecule has 2 heteroatoms. The number of hydrogen-bond acceptors (Lipinski definition) is 2. The van der Waals surface area contributed by atoms with E-state index in [-0.39, 0.29) is 6.73 Å². The topological polar surface area (TPSA) is 23.5 Å². The molecule has 0 spiro atoms. The Morgan fingerprint density at radius 1 is 1.06 bits per heavy atom. The maximum Gasteiger partial charge on any atom is 0.0954 e. The number of nitrogens with zero attached hydrogens (tertiary/aromatic N) is 1. The van der Waals surface area contributed by atoms with Crippen LogP contribution in [0, 0.1) is 0 Å². The third-order valence-corrected chi connectivity index (χ3v) is 2.84. The zero-order valence-electron chi connectivity index (χ0n) is 9.56. The molecular weight excluding hydrogens is 198 g/mol. The summed E-state index contributed by atoms with van der Waals surface area (Å²) in [6.07, 6.45) is 0.974. The molecule has 2 aromatic rings. The lowest BCUT2D eigenvalue weighted by atomic mass is 10.1. The minimum Gasteiger partial charge on any atom is -0.381 e. The van der Waals surface area contributed by atoms with Crippen molar-refractivity contribution >= 4 is 10.8 Å². The van der Waals surface area contributed by atoms with E-state index >= 15 is 0 Å². The van der Waals surface area contributed by atoms with Gasteiger partial charge in [-0.15, -0.1) is 0 Å². The van der Waals surface area contributed by atoms with Gasteiger partial charge in [-0.3, -0.25) is 4.90 Å². The molecule has 0 aliphatic carbocycles. The zero-order chi connectivity index (χ0) is 11.4. The Labute approximate surface area is 96.1 Å². The quantitative estimate of drug-likeness (QED) is 0.791. The summed E-state index contributed by atoms with van der Waals surface area (Å²) in [6.45, 7) is 1.00. The Bertz CT molecular complexity index is 467. The van der Waals surface area contributed by atoms with Gasteiger partial charge in [0.2, 0.25) is 0 Å². The number of likely N-dealkylation sites (N-methyl/N-ethyl adjacent to an activating group) is 1. The zero-order valence-corrected chi connectivity index (χ0v) is 9.56. The molecule has 0 aliphatic rings. The smallest absolute Gasteiger partial charge is 0.0954 e. The minimum atomic E-state index is 0.119. The highest BCUT2D eigenvalue weighted by atomic mass is 16.3. The van der Waals surface area contributed by atoms with Gasteiger partial charge in [0.25, 0.3) is 0 Å². The van der Waals surface area contributed by atoms with Gasteiger partial charge in [0.1, 0.15) is 0 Å². The molecule has 0 aromatic heterocycles. The molecule has 0 fully saturated rings. The molecule has 2 aromatic carbocycles. The Morgan fingerprint density at radius 2 is 1.81 bits per heavy atom. The van der Waals surface area contributed by atoms with Gasteiger partial charge >= 0.3 is 0 Å². The summed E-state index contributed by atoms with van der Waals surface area (Å²) in [5.74, 6) is 0. The predicted octanol–water partition coefficient (Wildman–Crippen LogP) is 2.26. The summed E-state index contributed by atoms with van der Waals surface area (Å²) >= 11 is 0. The number of aliphatic hydroxyl groups excluding tert-OH is 1. The van der Waals surface area contributed by atoms with Crippen molar-refractivity contribution in [3.05, 3.63) is 48.0 Å². The Balaban J connectivity index is 2.13. The van der Waals surface area contributed by atoms with Crippen LogP contribution in [0.25, 0.3) is 10.8 Å². The molecule has 0 bridgehead atoms. The Kier molecular flexibility index (Phi) is 3.54. The first kappa shape index (κ1) is 11.1. The van der Waals surface area contributed by atoms with Gasteiger partial charge in [0, 0.05) is 6.54 Å². The van der Waals surface area contributed by atoms with Gasteiger partial charge in [-0.25, -0.2) is 0 Å². The van der Waals surface area contributed by atoms with Crippen LogP contribution in [0.5, 0.6) is 0 Å². The first-order chi connectivity index (χ1) is 7.79. The van der Waals surface area contributed by atoms with E-state index in [0.29, 0.717) is 0 Å². The fraction of sp³-hybridized carbons (Fsp3) is 0.286. The Morgan fingerprint density at radius 3 is 2.56 bits per heavy atom. The van der Waals surface area contributed by atoms with E-state index < -0.39 is 0 Å². The summed E-state index contributed by atoms with van der Waals surface area (Å²) in [4.78, 5) is 1.90. The second kappa shape index (κ2) is 5.10. The molecule has 0 aliphatic heterocycles. The van der Waals surface area contributed by atoms with Gasteiger partial charge in [-0.05, 0) is 29.8 Å². The number of benzene rings is 2. The van der Waals surface area contributed by atoms with Crippen LogP contribution >= 0.6 is 0 Å². The largest absolute Gasteiger partial charge is 0.381 e. The predicted molar refractivity (Wildman–Crippen MR) is 67.4 cm³/mol. The highest BCUT2D eigenvalue weighted by molar-refractivity contribution is 5.82. The van der Waals surface area contributed by atoms with Crippen molar-refractivity contribution < 1.29 is 5.11 Å². The number of hydrogen-bond donors (Lipinski definition) is 1. The molecule has 0 atom stereocenters. The van der Waals surface area contributed by atoms with Crippen LogP contribution in [0.4, 0.5) is 0 Å². The average Bonchev–Trinajstić information content (AvgIpc) is 2.35. The van der Waals surface area contributed by atoms with Crippen molar-refractivity contribution in [2.24, 2.45) is 0 Å². The molecular formula is C14H17NO. The molecule has 1 N–H and O–H groups in total. The second-order valence-corrected chi connectivity index (χ2v) is 4.15. The summed E-state index contributed by atoms with van der Waals surface area (Å²) < 4.78 is 0. The van der Waals surface area contributed by atoms with Crippen LogP contribution in [-0.2, 0) is 6.42 Å². The Hall–Kier alpha value is -1.38. The van der Waals surface area contributed by atoms with Crippen molar-refractivity contribution in [3.63, 3.8) is 0 Å². The maximum atomic E-state index is 8.91. The molecule has 2 rings (SSSR count). The van der Waals surface area contributed by atoms with Gasteiger partial charge < -0.3 is 5.11 Å². The fourth-order valence-corrected chi connectivity index (χ4v) is 1.78. The van der Waals surface area contributed by atoms with Crippen LogP contribution in [0.15, 0.2) is 42.5 Å². The van der Waals surface area contributed by atoms with Crippen LogP contribution in [0.2, 0.25) is 0 Å². The average molecular weight is 215 g/mol. The van der Waals surface area contributed by atoms with E-state index in [0.717, 1.165) is 13.0 Å². The highest BCUT2D eigenvalue weighted by Crippen LogP contribution is 2.15. The van der Waals surface area contributed by atoms with Crippen molar-refractivity contribution in [3.8, 4) is 0 Å². The van der Waals surface area contributed by atoms with Crippen molar-refractivity contribution in [1.82, 2.24) is 4.90 Å². The first-order valence-corrected chi connectivity index (χ1v) is 5.56. The van der Waals surface area contributed by atoms with E-state index in [2.05, 4.69) is 42.5 Å². The van der Waals surface area contributed by atoms with Gasteiger partial charge in [0.05, 0.1) is 6.73 Å². The van der Waals surface area contributed by atoms with E-state index in [1.807, 2.05) is 11.9 Å². The third kappa shape index (κ3) is 2.60. The summed E-state index contributed by atoms with van der Waals surface area (Å²) in [5.41, 5.74) is 1.32. The standard InChI is InChI=1S/C14H17NO/c1-15(11-16)9-8-12-6-7-13-4-2-3-5-14(13)10-12/h2-7,10,16H,8-9,11H2,1H3. The summed E-state index contributed by atoms with van der Waals surface area (Å²) in [7, 11) is 1.92. The SMILES string of the molecule is CN(CO)CCc1ccc2ccccc2c1. The maximum absolute atomic E-state index is 8.91. The normalized spacial score (nSPS) is 11.2. The van der Waals surface area contributed by atoms with E-state index in [1.165, 1.54) is 16.3 Å². The second-order valence-electron chi connectivity index (χ2n) is 4.15. The first-order valence-electron chi connectivity index (χ1n) is 5.56. The molecule has 2 nitrogen and oxygen atoms in total. The molecule has 0 saturated carbocycles. The lowest BCUT2D eigenvalue weighted by molar-refractivity contribution is 0.134. The van der Waals surface area contributed by atoms with Crippen molar-refractivity contribution in [1.29, 1.82) is 0 Å². The lowest BCUT2D eigenvalue weighted by Gasteiger charge is -2.12. The van der Waals surface area contributed by atoms with Gasteiger partial charge in [0.15, 0.2) is 0 Å². The number of fused-ring (bicyclic) bond motifs is 1. The van der Waals surface area contributed by atoms with Crippen molar-refractivity contribution in [2.45, 2.75) is 6.42 Å². The third-order valence-electron chi connectivity index (χ3n) is 2.84. The van der Waals surface area contributed by atoms with Crippen LogP contribution < -0.4 is 0 Å². The number of rotatable bonds is 4. The minimum absolute atomic E-state index is 0.119. The monoisotopic (exact) mass is 215 g/mol. The number of aliphatic hydroxyl groups is 1. The van der Waals surface area contributed by atoms with Crippen molar-refractivity contribution in [2.75, 3.05) is 20.3 Å². The fourth-order valence-electron chi connectivity index (χ4n) is 1.78. The summed E-state index contributed by atoms with van der Waals surface area (Å²) in [6, 6.07) is 14.9.